The summed E-state index contributed by atoms with van der Waals surface area (Å²) >= 11 is 2.47. The number of carbonyl (C=O) groups excluding carboxylic acids is 2. The molecule has 2 aromatic carbocycles. The summed E-state index contributed by atoms with van der Waals surface area (Å²) in [7, 11) is 3.51. The zero-order chi connectivity index (χ0) is 17.6. The van der Waals surface area contributed by atoms with Crippen LogP contribution in [-0.4, -0.2) is 25.3 Å². The summed E-state index contributed by atoms with van der Waals surface area (Å²) in [6.07, 6.45) is 0. The minimum atomic E-state index is -0.282. The highest BCUT2D eigenvalue weighted by Gasteiger charge is 2.41. The lowest BCUT2D eigenvalue weighted by molar-refractivity contribution is -0.113. The Bertz CT molecular complexity index is 912. The SMILES string of the molecule is COc1ccc2c(c1)N(C)C(=C1SC(=O)N(c3ccccc3)C1=O)S2. The van der Waals surface area contributed by atoms with Crippen LogP contribution in [0.4, 0.5) is 16.2 Å². The van der Waals surface area contributed by atoms with E-state index in [2.05, 4.69) is 0 Å². The molecule has 5 nitrogen and oxygen atoms in total. The molecule has 2 aliphatic heterocycles. The van der Waals surface area contributed by atoms with E-state index < -0.39 is 0 Å². The molecule has 0 N–H and O–H groups in total. The van der Waals surface area contributed by atoms with Crippen molar-refractivity contribution in [3.05, 3.63) is 58.5 Å². The number of nitrogens with zero attached hydrogens (tertiary/aromatic N) is 2. The molecule has 2 amide bonds. The molecule has 0 atom stereocenters. The third-order valence-corrected chi connectivity index (χ3v) is 6.31. The van der Waals surface area contributed by atoms with Crippen LogP contribution in [0.1, 0.15) is 0 Å². The fourth-order valence-electron chi connectivity index (χ4n) is 2.75. The average Bonchev–Trinajstić information content (AvgIpc) is 3.11. The number of fused-ring (bicyclic) bond motifs is 1. The van der Waals surface area contributed by atoms with E-state index >= 15 is 0 Å². The Labute approximate surface area is 153 Å². The van der Waals surface area contributed by atoms with Crippen LogP contribution in [0.3, 0.4) is 0 Å². The molecule has 0 unspecified atom stereocenters. The van der Waals surface area contributed by atoms with Crippen LogP contribution in [0.25, 0.3) is 0 Å². The summed E-state index contributed by atoms with van der Waals surface area (Å²) < 4.78 is 5.28. The summed E-state index contributed by atoms with van der Waals surface area (Å²) in [5.41, 5.74) is 1.55. The molecule has 1 fully saturated rings. The maximum absolute atomic E-state index is 12.9. The van der Waals surface area contributed by atoms with Crippen LogP contribution in [0.5, 0.6) is 5.75 Å². The van der Waals surface area contributed by atoms with Gasteiger partial charge in [-0.25, -0.2) is 4.90 Å². The number of para-hydroxylation sites is 1. The average molecular weight is 370 g/mol. The Kier molecular flexibility index (Phi) is 3.97. The lowest BCUT2D eigenvalue weighted by Crippen LogP contribution is -2.28. The van der Waals surface area contributed by atoms with E-state index in [0.29, 0.717) is 10.6 Å². The number of ether oxygens (including phenoxy) is 1. The molecule has 1 saturated heterocycles. The first-order valence-corrected chi connectivity index (χ1v) is 9.18. The van der Waals surface area contributed by atoms with Crippen molar-refractivity contribution < 1.29 is 14.3 Å². The van der Waals surface area contributed by atoms with Gasteiger partial charge in [0.25, 0.3) is 11.1 Å². The fourth-order valence-corrected chi connectivity index (χ4v) is 4.92. The highest BCUT2D eigenvalue weighted by molar-refractivity contribution is 8.19. The topological polar surface area (TPSA) is 49.9 Å². The molecular formula is C18H14N2O3S2. The maximum atomic E-state index is 12.9. The van der Waals surface area contributed by atoms with Crippen molar-refractivity contribution in [2.75, 3.05) is 24.0 Å². The molecule has 2 aromatic rings. The number of hydrogen-bond acceptors (Lipinski definition) is 6. The second kappa shape index (κ2) is 6.16. The van der Waals surface area contributed by atoms with E-state index in [-0.39, 0.29) is 11.1 Å². The van der Waals surface area contributed by atoms with Gasteiger partial charge in [-0.05, 0) is 36.0 Å². The normalized spacial score (nSPS) is 19.6. The van der Waals surface area contributed by atoms with Gasteiger partial charge in [0.2, 0.25) is 0 Å². The third-order valence-electron chi connectivity index (χ3n) is 4.02. The van der Waals surface area contributed by atoms with Crippen molar-refractivity contribution in [3.8, 4) is 5.75 Å². The van der Waals surface area contributed by atoms with Gasteiger partial charge >= 0.3 is 0 Å². The Morgan fingerprint density at radius 1 is 1.00 bits per heavy atom. The van der Waals surface area contributed by atoms with E-state index in [0.717, 1.165) is 33.1 Å². The zero-order valence-corrected chi connectivity index (χ0v) is 15.2. The summed E-state index contributed by atoms with van der Waals surface area (Å²) in [5, 5.41) is 0.492. The minimum Gasteiger partial charge on any atom is -0.497 e. The van der Waals surface area contributed by atoms with Crippen molar-refractivity contribution in [1.29, 1.82) is 0 Å². The Morgan fingerprint density at radius 2 is 1.76 bits per heavy atom. The van der Waals surface area contributed by atoms with Crippen molar-refractivity contribution in [3.63, 3.8) is 0 Å². The van der Waals surface area contributed by atoms with Gasteiger partial charge in [0.1, 0.15) is 10.7 Å². The predicted molar refractivity (Wildman–Crippen MR) is 101 cm³/mol. The highest BCUT2D eigenvalue weighted by Crippen LogP contribution is 2.51. The number of carbonyl (C=O) groups is 2. The lowest BCUT2D eigenvalue weighted by Gasteiger charge is -2.16. The second-order valence-corrected chi connectivity index (χ2v) is 7.47. The predicted octanol–water partition coefficient (Wildman–Crippen LogP) is 4.31. The van der Waals surface area contributed by atoms with Crippen LogP contribution in [0, 0.1) is 0 Å². The zero-order valence-electron chi connectivity index (χ0n) is 13.6. The fraction of sp³-hybridized carbons (Fsp3) is 0.111. The second-order valence-electron chi connectivity index (χ2n) is 5.47. The first-order valence-electron chi connectivity index (χ1n) is 7.55. The quantitative estimate of drug-likeness (QED) is 0.735. The maximum Gasteiger partial charge on any atom is 0.298 e. The standard InChI is InChI=1S/C18H14N2O3S2/c1-19-13-10-12(23-2)8-9-14(13)24-17(19)15-16(21)20(18(22)25-15)11-6-4-3-5-7-11/h3-10H,1-2H3. The molecule has 4 rings (SSSR count). The van der Waals surface area contributed by atoms with E-state index in [4.69, 9.17) is 4.74 Å². The van der Waals surface area contributed by atoms with Crippen molar-refractivity contribution in [2.24, 2.45) is 0 Å². The van der Waals surface area contributed by atoms with E-state index in [9.17, 15) is 9.59 Å². The van der Waals surface area contributed by atoms with Gasteiger partial charge < -0.3 is 9.64 Å². The van der Waals surface area contributed by atoms with Crippen LogP contribution in [0.2, 0.25) is 0 Å². The highest BCUT2D eigenvalue weighted by atomic mass is 32.2. The van der Waals surface area contributed by atoms with Gasteiger partial charge in [-0.3, -0.25) is 9.59 Å². The van der Waals surface area contributed by atoms with Crippen molar-refractivity contribution in [1.82, 2.24) is 0 Å². The van der Waals surface area contributed by atoms with Gasteiger partial charge in [-0.1, -0.05) is 30.0 Å². The molecule has 7 heteroatoms. The van der Waals surface area contributed by atoms with E-state index in [1.54, 1.807) is 19.2 Å². The van der Waals surface area contributed by atoms with Crippen molar-refractivity contribution >= 4 is 46.0 Å². The van der Waals surface area contributed by atoms with Gasteiger partial charge in [0.05, 0.1) is 23.5 Å². The summed E-state index contributed by atoms with van der Waals surface area (Å²) in [5.74, 6) is 0.472. The first kappa shape index (κ1) is 16.1. The molecule has 0 aromatic heterocycles. The summed E-state index contributed by atoms with van der Waals surface area (Å²) in [4.78, 5) is 30.0. The molecular weight excluding hydrogens is 356 g/mol. The molecule has 2 aliphatic rings. The van der Waals surface area contributed by atoms with Crippen molar-refractivity contribution in [2.45, 2.75) is 4.90 Å². The van der Waals surface area contributed by atoms with Crippen LogP contribution in [0.15, 0.2) is 63.4 Å². The first-order chi connectivity index (χ1) is 12.1. The number of amides is 2. The smallest absolute Gasteiger partial charge is 0.298 e. The number of benzene rings is 2. The van der Waals surface area contributed by atoms with Crippen LogP contribution in [-0.2, 0) is 4.79 Å². The number of rotatable bonds is 2. The molecule has 2 heterocycles. The molecule has 0 saturated carbocycles. The Balaban J connectivity index is 1.73. The number of anilines is 2. The summed E-state index contributed by atoms with van der Waals surface area (Å²) in [6, 6.07) is 14.8. The summed E-state index contributed by atoms with van der Waals surface area (Å²) in [6.45, 7) is 0. The van der Waals surface area contributed by atoms with E-state index in [1.165, 1.54) is 16.7 Å². The molecule has 0 spiro atoms. The van der Waals surface area contributed by atoms with Gasteiger partial charge in [0.15, 0.2) is 0 Å². The third kappa shape index (κ3) is 2.60. The molecule has 0 bridgehead atoms. The van der Waals surface area contributed by atoms with Gasteiger partial charge in [0, 0.05) is 18.0 Å². The molecule has 0 aliphatic carbocycles. The van der Waals surface area contributed by atoms with E-state index in [1.807, 2.05) is 48.3 Å². The number of hydrogen-bond donors (Lipinski definition) is 0. The number of imide groups is 1. The largest absolute Gasteiger partial charge is 0.497 e. The molecule has 25 heavy (non-hydrogen) atoms. The molecule has 126 valence electrons. The number of thioether (sulfide) groups is 2. The minimum absolute atomic E-state index is 0.277. The van der Waals surface area contributed by atoms with Gasteiger partial charge in [-0.2, -0.15) is 0 Å². The number of methoxy groups -OCH3 is 1. The Morgan fingerprint density at radius 3 is 2.48 bits per heavy atom. The monoisotopic (exact) mass is 370 g/mol. The van der Waals surface area contributed by atoms with Crippen LogP contribution >= 0.6 is 23.5 Å². The van der Waals surface area contributed by atoms with Crippen LogP contribution < -0.4 is 14.5 Å². The molecule has 0 radical (unpaired) electrons. The van der Waals surface area contributed by atoms with Gasteiger partial charge in [-0.15, -0.1) is 0 Å². The Hall–Kier alpha value is -2.38. The lowest BCUT2D eigenvalue weighted by atomic mass is 10.3.